The fraction of sp³-hybridized carbons (Fsp3) is 0.500. The fourth-order valence-electron chi connectivity index (χ4n) is 2.57. The average Bonchev–Trinajstić information content (AvgIpc) is 2.55. The molecule has 1 fully saturated rings. The zero-order valence-electron chi connectivity index (χ0n) is 10.6. The van der Waals surface area contributed by atoms with Crippen LogP contribution in [0.1, 0.15) is 44.6 Å². The molecule has 0 heterocycles. The lowest BCUT2D eigenvalue weighted by Gasteiger charge is -2.18. The maximum atomic E-state index is 5.42. The van der Waals surface area contributed by atoms with Crippen molar-refractivity contribution in [2.24, 2.45) is 5.92 Å². The topological polar surface area (TPSA) is 12.0 Å². The summed E-state index contributed by atoms with van der Waals surface area (Å²) >= 11 is 0. The third-order valence-corrected chi connectivity index (χ3v) is 3.66. The van der Waals surface area contributed by atoms with Gasteiger partial charge in [0.1, 0.15) is 0 Å². The number of hydrogen-bond donors (Lipinski definition) is 1. The van der Waals surface area contributed by atoms with Gasteiger partial charge in [-0.25, -0.2) is 0 Å². The molecule has 1 aromatic carbocycles. The molecule has 0 amide bonds. The van der Waals surface area contributed by atoms with Crippen LogP contribution < -0.4 is 5.32 Å². The van der Waals surface area contributed by atoms with Crippen LogP contribution in [0, 0.1) is 18.3 Å². The largest absolute Gasteiger partial charge is 0.382 e. The fourth-order valence-corrected chi connectivity index (χ4v) is 2.57. The number of nitrogens with one attached hydrogen (secondary N) is 1. The summed E-state index contributed by atoms with van der Waals surface area (Å²) < 4.78 is 0. The van der Waals surface area contributed by atoms with Gasteiger partial charge in [0, 0.05) is 17.3 Å². The summed E-state index contributed by atoms with van der Waals surface area (Å²) in [7, 11) is 0. The van der Waals surface area contributed by atoms with Crippen LogP contribution in [0.25, 0.3) is 0 Å². The Kier molecular flexibility index (Phi) is 4.09. The first kappa shape index (κ1) is 12.0. The normalized spacial score (nSPS) is 24.7. The van der Waals surface area contributed by atoms with Crippen molar-refractivity contribution in [3.8, 4) is 12.3 Å². The summed E-state index contributed by atoms with van der Waals surface area (Å²) in [6, 6.07) is 8.79. The summed E-state index contributed by atoms with van der Waals surface area (Å²) in [6.45, 7) is 2.36. The van der Waals surface area contributed by atoms with Crippen molar-refractivity contribution in [3.63, 3.8) is 0 Å². The van der Waals surface area contributed by atoms with E-state index < -0.39 is 0 Å². The van der Waals surface area contributed by atoms with E-state index in [0.29, 0.717) is 6.04 Å². The highest BCUT2D eigenvalue weighted by Gasteiger charge is 2.15. The molecule has 0 saturated heterocycles. The lowest BCUT2D eigenvalue weighted by molar-refractivity contribution is 0.502. The molecule has 0 aliphatic heterocycles. The molecule has 1 aliphatic rings. The Balaban J connectivity index is 1.97. The van der Waals surface area contributed by atoms with Gasteiger partial charge in [0.2, 0.25) is 0 Å². The summed E-state index contributed by atoms with van der Waals surface area (Å²) in [5.74, 6) is 3.57. The van der Waals surface area contributed by atoms with Gasteiger partial charge in [0.25, 0.3) is 0 Å². The number of rotatable bonds is 2. The average molecular weight is 227 g/mol. The lowest BCUT2D eigenvalue weighted by Crippen LogP contribution is -2.18. The van der Waals surface area contributed by atoms with Crippen LogP contribution in [-0.2, 0) is 0 Å². The van der Waals surface area contributed by atoms with Crippen LogP contribution in [0.5, 0.6) is 0 Å². The van der Waals surface area contributed by atoms with Crippen molar-refractivity contribution in [1.29, 1.82) is 0 Å². The molecular formula is C16H21N. The second kappa shape index (κ2) is 5.77. The van der Waals surface area contributed by atoms with Gasteiger partial charge < -0.3 is 5.32 Å². The van der Waals surface area contributed by atoms with E-state index in [2.05, 4.69) is 30.3 Å². The first-order chi connectivity index (χ1) is 8.28. The van der Waals surface area contributed by atoms with E-state index in [9.17, 15) is 0 Å². The predicted molar refractivity (Wildman–Crippen MR) is 74.0 cm³/mol. The predicted octanol–water partition coefficient (Wildman–Crippen LogP) is 4.05. The Morgan fingerprint density at radius 1 is 1.24 bits per heavy atom. The number of anilines is 1. The smallest absolute Gasteiger partial charge is 0.0354 e. The quantitative estimate of drug-likeness (QED) is 0.593. The van der Waals surface area contributed by atoms with Crippen LogP contribution in [0.4, 0.5) is 5.69 Å². The second-order valence-electron chi connectivity index (χ2n) is 5.18. The van der Waals surface area contributed by atoms with Gasteiger partial charge in [0.05, 0.1) is 0 Å². The van der Waals surface area contributed by atoms with Gasteiger partial charge in [-0.1, -0.05) is 31.8 Å². The molecule has 1 saturated carbocycles. The molecule has 1 aliphatic carbocycles. The molecule has 0 radical (unpaired) electrons. The maximum Gasteiger partial charge on any atom is 0.0354 e. The van der Waals surface area contributed by atoms with Crippen molar-refractivity contribution in [2.45, 2.75) is 45.1 Å². The molecule has 1 aromatic rings. The van der Waals surface area contributed by atoms with Gasteiger partial charge in [0.15, 0.2) is 0 Å². The Labute approximate surface area is 105 Å². The van der Waals surface area contributed by atoms with Gasteiger partial charge in [-0.3, -0.25) is 0 Å². The molecule has 17 heavy (non-hydrogen) atoms. The first-order valence-corrected chi connectivity index (χ1v) is 6.61. The van der Waals surface area contributed by atoms with Crippen LogP contribution in [0.3, 0.4) is 0 Å². The molecule has 0 bridgehead atoms. The molecule has 0 spiro atoms. The van der Waals surface area contributed by atoms with E-state index in [4.69, 9.17) is 6.42 Å². The molecule has 2 unspecified atom stereocenters. The number of hydrogen-bond acceptors (Lipinski definition) is 1. The summed E-state index contributed by atoms with van der Waals surface area (Å²) in [6.07, 6.45) is 12.0. The molecular weight excluding hydrogens is 206 g/mol. The first-order valence-electron chi connectivity index (χ1n) is 6.61. The van der Waals surface area contributed by atoms with Crippen molar-refractivity contribution in [3.05, 3.63) is 29.8 Å². The Bertz CT molecular complexity index is 402. The maximum absolute atomic E-state index is 5.42. The molecule has 0 aromatic heterocycles. The minimum atomic E-state index is 0.618. The highest BCUT2D eigenvalue weighted by Crippen LogP contribution is 2.25. The van der Waals surface area contributed by atoms with Crippen LogP contribution in [-0.4, -0.2) is 6.04 Å². The van der Waals surface area contributed by atoms with Crippen molar-refractivity contribution in [1.82, 2.24) is 0 Å². The van der Waals surface area contributed by atoms with Gasteiger partial charge in [-0.2, -0.15) is 0 Å². The lowest BCUT2D eigenvalue weighted by atomic mass is 10.0. The summed E-state index contributed by atoms with van der Waals surface area (Å²) in [5.41, 5.74) is 2.12. The molecule has 2 atom stereocenters. The molecule has 1 nitrogen and oxygen atoms in total. The van der Waals surface area contributed by atoms with E-state index in [1.807, 2.05) is 12.1 Å². The third kappa shape index (κ3) is 3.53. The second-order valence-corrected chi connectivity index (χ2v) is 5.18. The molecule has 1 N–H and O–H groups in total. The minimum Gasteiger partial charge on any atom is -0.382 e. The standard InChI is InChI=1S/C16H21N/c1-3-14-7-5-9-16(12-14)17-15-8-4-6-13(2)10-11-15/h1,5,7,9,12-13,15,17H,4,6,8,10-11H2,2H3. The highest BCUT2D eigenvalue weighted by atomic mass is 14.9. The number of terminal acetylenes is 1. The van der Waals surface area contributed by atoms with E-state index in [1.54, 1.807) is 0 Å². The molecule has 90 valence electrons. The van der Waals surface area contributed by atoms with E-state index in [0.717, 1.165) is 11.5 Å². The van der Waals surface area contributed by atoms with Crippen LogP contribution in [0.2, 0.25) is 0 Å². The van der Waals surface area contributed by atoms with Crippen LogP contribution >= 0.6 is 0 Å². The molecule has 1 heteroatoms. The molecule has 2 rings (SSSR count). The van der Waals surface area contributed by atoms with Gasteiger partial charge in [-0.15, -0.1) is 6.42 Å². The van der Waals surface area contributed by atoms with E-state index in [1.165, 1.54) is 37.8 Å². The number of benzene rings is 1. The zero-order valence-corrected chi connectivity index (χ0v) is 10.6. The highest BCUT2D eigenvalue weighted by molar-refractivity contribution is 5.50. The minimum absolute atomic E-state index is 0.618. The van der Waals surface area contributed by atoms with Crippen molar-refractivity contribution >= 4 is 5.69 Å². The monoisotopic (exact) mass is 227 g/mol. The van der Waals surface area contributed by atoms with Gasteiger partial charge in [-0.05, 0) is 43.4 Å². The van der Waals surface area contributed by atoms with Crippen LogP contribution in [0.15, 0.2) is 24.3 Å². The Morgan fingerprint density at radius 2 is 2.12 bits per heavy atom. The third-order valence-electron chi connectivity index (χ3n) is 3.66. The summed E-state index contributed by atoms with van der Waals surface area (Å²) in [4.78, 5) is 0. The summed E-state index contributed by atoms with van der Waals surface area (Å²) in [5, 5.41) is 3.62. The van der Waals surface area contributed by atoms with Gasteiger partial charge >= 0.3 is 0 Å². The van der Waals surface area contributed by atoms with Crippen molar-refractivity contribution in [2.75, 3.05) is 5.32 Å². The Morgan fingerprint density at radius 3 is 2.94 bits per heavy atom. The zero-order chi connectivity index (χ0) is 12.1. The van der Waals surface area contributed by atoms with Crippen molar-refractivity contribution < 1.29 is 0 Å². The Hall–Kier alpha value is -1.42. The van der Waals surface area contributed by atoms with E-state index >= 15 is 0 Å². The SMILES string of the molecule is C#Cc1cccc(NC2CCCC(C)CC2)c1. The van der Waals surface area contributed by atoms with E-state index in [-0.39, 0.29) is 0 Å².